The second-order valence-electron chi connectivity index (χ2n) is 2.87. The molecular weight excluding hydrogens is 286 g/mol. The van der Waals surface area contributed by atoms with Crippen LogP contribution in [0.5, 0.6) is 5.75 Å². The number of halogens is 3. The van der Waals surface area contributed by atoms with Crippen molar-refractivity contribution in [3.8, 4) is 5.75 Å². The van der Waals surface area contributed by atoms with Gasteiger partial charge in [0.15, 0.2) is 5.78 Å². The van der Waals surface area contributed by atoms with Gasteiger partial charge in [0.25, 0.3) is 0 Å². The van der Waals surface area contributed by atoms with Crippen LogP contribution in [0.2, 0.25) is 0 Å². The van der Waals surface area contributed by atoms with E-state index in [1.807, 2.05) is 0 Å². The Morgan fingerprint density at radius 1 is 1.53 bits per heavy atom. The van der Waals surface area contributed by atoms with Gasteiger partial charge in [-0.05, 0) is 33.6 Å². The lowest BCUT2D eigenvalue weighted by atomic mass is 10.1. The van der Waals surface area contributed by atoms with Gasteiger partial charge < -0.3 is 4.74 Å². The molecule has 0 radical (unpaired) electrons. The molecule has 0 N–H and O–H groups in total. The minimum absolute atomic E-state index is 0.000348. The van der Waals surface area contributed by atoms with E-state index in [0.29, 0.717) is 10.2 Å². The molecule has 0 heterocycles. The summed E-state index contributed by atoms with van der Waals surface area (Å²) in [5.74, 6) is 0.364. The fourth-order valence-corrected chi connectivity index (χ4v) is 1.74. The zero-order chi connectivity index (χ0) is 11.3. The third-order valence-electron chi connectivity index (χ3n) is 1.76. The smallest absolute Gasteiger partial charge is 0.228 e. The minimum Gasteiger partial charge on any atom is -0.462 e. The molecule has 1 aromatic rings. The zero-order valence-corrected chi connectivity index (χ0v) is 10.1. The molecule has 0 saturated heterocycles. The second kappa shape index (κ2) is 6.08. The number of hydrogen-bond donors (Lipinski definition) is 0. The highest BCUT2D eigenvalue weighted by Gasteiger charge is 2.06. The first-order valence-corrected chi connectivity index (χ1v) is 5.55. The quantitative estimate of drug-likeness (QED) is 0.780. The van der Waals surface area contributed by atoms with Gasteiger partial charge in [-0.2, -0.15) is 0 Å². The van der Waals surface area contributed by atoms with Gasteiger partial charge in [-0.15, -0.1) is 11.6 Å². The molecule has 0 aliphatic heterocycles. The molecule has 15 heavy (non-hydrogen) atoms. The number of benzene rings is 1. The topological polar surface area (TPSA) is 26.3 Å². The Morgan fingerprint density at radius 2 is 2.27 bits per heavy atom. The summed E-state index contributed by atoms with van der Waals surface area (Å²) in [6.45, 7) is -0.876. The van der Waals surface area contributed by atoms with Gasteiger partial charge in [-0.25, -0.2) is 4.39 Å². The van der Waals surface area contributed by atoms with E-state index in [1.54, 1.807) is 18.2 Å². The molecule has 82 valence electrons. The van der Waals surface area contributed by atoms with Crippen LogP contribution in [-0.2, 0) is 11.2 Å². The average Bonchev–Trinajstić information content (AvgIpc) is 2.22. The maximum absolute atomic E-state index is 11.9. The molecule has 0 unspecified atom stereocenters. The van der Waals surface area contributed by atoms with Crippen LogP contribution in [-0.4, -0.2) is 18.5 Å². The number of rotatable bonds is 5. The Balaban J connectivity index is 2.77. The van der Waals surface area contributed by atoms with E-state index in [4.69, 9.17) is 16.3 Å². The van der Waals surface area contributed by atoms with Crippen LogP contribution in [0.1, 0.15) is 5.56 Å². The number of carbonyl (C=O) groups is 1. The Labute approximate surface area is 101 Å². The molecule has 0 aromatic heterocycles. The number of hydrogen-bond acceptors (Lipinski definition) is 2. The monoisotopic (exact) mass is 294 g/mol. The first-order chi connectivity index (χ1) is 7.17. The Kier molecular flexibility index (Phi) is 5.05. The van der Waals surface area contributed by atoms with Crippen molar-refractivity contribution in [2.24, 2.45) is 0 Å². The second-order valence-corrected chi connectivity index (χ2v) is 3.99. The summed E-state index contributed by atoms with van der Waals surface area (Å²) in [5.41, 5.74) is 0.818. The Bertz CT molecular complexity index is 357. The van der Waals surface area contributed by atoms with Crippen LogP contribution in [0.3, 0.4) is 0 Å². The van der Waals surface area contributed by atoms with E-state index in [-0.39, 0.29) is 18.1 Å². The maximum Gasteiger partial charge on any atom is 0.228 e. The molecule has 0 spiro atoms. The molecule has 0 fully saturated rings. The molecule has 0 amide bonds. The van der Waals surface area contributed by atoms with Gasteiger partial charge in [0.1, 0.15) is 5.75 Å². The normalized spacial score (nSPS) is 10.1. The molecule has 2 nitrogen and oxygen atoms in total. The number of ketones is 1. The highest BCUT2D eigenvalue weighted by molar-refractivity contribution is 9.10. The first-order valence-electron chi connectivity index (χ1n) is 4.22. The van der Waals surface area contributed by atoms with Gasteiger partial charge in [0.2, 0.25) is 6.86 Å². The fourth-order valence-electron chi connectivity index (χ4n) is 1.11. The highest BCUT2D eigenvalue weighted by Crippen LogP contribution is 2.26. The van der Waals surface area contributed by atoms with E-state index < -0.39 is 6.86 Å². The van der Waals surface area contributed by atoms with Crippen LogP contribution < -0.4 is 4.74 Å². The summed E-state index contributed by atoms with van der Waals surface area (Å²) in [4.78, 5) is 11.1. The Morgan fingerprint density at radius 3 is 2.80 bits per heavy atom. The predicted octanol–water partition coefficient (Wildman–Crippen LogP) is 3.11. The van der Waals surface area contributed by atoms with Crippen LogP contribution in [0.25, 0.3) is 0 Å². The fraction of sp³-hybridized carbons (Fsp3) is 0.300. The lowest BCUT2D eigenvalue weighted by molar-refractivity contribution is -0.116. The van der Waals surface area contributed by atoms with Crippen LogP contribution in [0.4, 0.5) is 4.39 Å². The molecule has 0 atom stereocenters. The third kappa shape index (κ3) is 3.80. The van der Waals surface area contributed by atoms with Crippen molar-refractivity contribution >= 4 is 33.3 Å². The number of Topliss-reactive ketones (excluding diaryl/α,β-unsaturated/α-hetero) is 1. The maximum atomic E-state index is 11.9. The SMILES string of the molecule is O=C(CCl)Cc1ccc(OCF)c(Br)c1. The molecular formula is C10H9BrClFO2. The number of alkyl halides is 2. The lowest BCUT2D eigenvalue weighted by Gasteiger charge is -2.05. The van der Waals surface area contributed by atoms with Crippen molar-refractivity contribution in [2.75, 3.05) is 12.7 Å². The Hall–Kier alpha value is -0.610. The van der Waals surface area contributed by atoms with Gasteiger partial charge in [0.05, 0.1) is 10.4 Å². The van der Waals surface area contributed by atoms with Crippen LogP contribution >= 0.6 is 27.5 Å². The highest BCUT2D eigenvalue weighted by atomic mass is 79.9. The summed E-state index contributed by atoms with van der Waals surface area (Å²) in [6.07, 6.45) is 0.276. The van der Waals surface area contributed by atoms with Gasteiger partial charge >= 0.3 is 0 Å². The van der Waals surface area contributed by atoms with Crippen LogP contribution in [0, 0.1) is 0 Å². The van der Waals surface area contributed by atoms with E-state index in [1.165, 1.54) is 0 Å². The van der Waals surface area contributed by atoms with Crippen molar-refractivity contribution < 1.29 is 13.9 Å². The predicted molar refractivity (Wildman–Crippen MR) is 60.2 cm³/mol. The van der Waals surface area contributed by atoms with Crippen LogP contribution in [0.15, 0.2) is 22.7 Å². The summed E-state index contributed by atoms with van der Waals surface area (Å²) in [7, 11) is 0. The molecule has 1 aromatic carbocycles. The minimum atomic E-state index is -0.876. The molecule has 0 bridgehead atoms. The van der Waals surface area contributed by atoms with Crippen molar-refractivity contribution in [1.82, 2.24) is 0 Å². The summed E-state index contributed by atoms with van der Waals surface area (Å²) < 4.78 is 17.2. The molecule has 0 saturated carbocycles. The molecule has 1 rings (SSSR count). The molecule has 0 aliphatic carbocycles. The van der Waals surface area contributed by atoms with E-state index in [9.17, 15) is 9.18 Å². The van der Waals surface area contributed by atoms with E-state index >= 15 is 0 Å². The number of carbonyl (C=O) groups excluding carboxylic acids is 1. The van der Waals surface area contributed by atoms with Crippen molar-refractivity contribution in [1.29, 1.82) is 0 Å². The van der Waals surface area contributed by atoms with Gasteiger partial charge in [-0.3, -0.25) is 4.79 Å². The van der Waals surface area contributed by atoms with E-state index in [0.717, 1.165) is 5.56 Å². The summed E-state index contributed by atoms with van der Waals surface area (Å²) in [6, 6.07) is 5.04. The van der Waals surface area contributed by atoms with Gasteiger partial charge in [0, 0.05) is 6.42 Å². The van der Waals surface area contributed by atoms with Gasteiger partial charge in [-0.1, -0.05) is 6.07 Å². The van der Waals surface area contributed by atoms with Crippen molar-refractivity contribution in [2.45, 2.75) is 6.42 Å². The summed E-state index contributed by atoms with van der Waals surface area (Å²) in [5, 5.41) is 0. The zero-order valence-electron chi connectivity index (χ0n) is 7.80. The van der Waals surface area contributed by atoms with E-state index in [2.05, 4.69) is 15.9 Å². The first kappa shape index (κ1) is 12.5. The summed E-state index contributed by atoms with van der Waals surface area (Å²) >= 11 is 8.61. The lowest BCUT2D eigenvalue weighted by Crippen LogP contribution is -2.03. The standard InChI is InChI=1S/C10H9BrClFO2/c11-9-4-7(3-8(14)5-12)1-2-10(9)15-6-13/h1-2,4H,3,5-6H2. The van der Waals surface area contributed by atoms with Crippen molar-refractivity contribution in [3.05, 3.63) is 28.2 Å². The average molecular weight is 296 g/mol. The molecule has 5 heteroatoms. The number of ether oxygens (including phenoxy) is 1. The van der Waals surface area contributed by atoms with Crippen molar-refractivity contribution in [3.63, 3.8) is 0 Å². The largest absolute Gasteiger partial charge is 0.462 e. The third-order valence-corrected chi connectivity index (χ3v) is 2.67. The molecule has 0 aliphatic rings.